The fraction of sp³-hybridized carbons (Fsp3) is 0.389. The van der Waals surface area contributed by atoms with Gasteiger partial charge in [-0.3, -0.25) is 0 Å². The minimum Gasteiger partial charge on any atom is -0.465 e. The van der Waals surface area contributed by atoms with Crippen molar-refractivity contribution in [2.45, 2.75) is 19.6 Å². The molecule has 6 heteroatoms. The number of nitrogens with one attached hydrogen (secondary N) is 2. The van der Waals surface area contributed by atoms with Gasteiger partial charge in [-0.25, -0.2) is 4.79 Å². The zero-order chi connectivity index (χ0) is 17.4. The van der Waals surface area contributed by atoms with Crippen LogP contribution in [0.3, 0.4) is 0 Å². The normalized spacial score (nSPS) is 12.1. The van der Waals surface area contributed by atoms with Crippen LogP contribution in [0.2, 0.25) is 0 Å². The molecule has 6 nitrogen and oxygen atoms in total. The smallest absolute Gasteiger partial charge is 0.337 e. The van der Waals surface area contributed by atoms with Crippen LogP contribution < -0.4 is 10.6 Å². The zero-order valence-corrected chi connectivity index (χ0v) is 14.0. The van der Waals surface area contributed by atoms with Crippen molar-refractivity contribution in [1.29, 1.82) is 0 Å². The van der Waals surface area contributed by atoms with Gasteiger partial charge in [0, 0.05) is 25.2 Å². The molecular weight excluding hydrogens is 308 g/mol. The molecule has 130 valence electrons. The van der Waals surface area contributed by atoms with Crippen LogP contribution in [0.5, 0.6) is 0 Å². The molecule has 0 fully saturated rings. The van der Waals surface area contributed by atoms with Crippen molar-refractivity contribution in [3.8, 4) is 11.3 Å². The van der Waals surface area contributed by atoms with Crippen LogP contribution in [0.4, 0.5) is 0 Å². The highest BCUT2D eigenvalue weighted by Crippen LogP contribution is 2.22. The third-order valence-electron chi connectivity index (χ3n) is 3.47. The summed E-state index contributed by atoms with van der Waals surface area (Å²) in [5.41, 5.74) is 1.42. The quantitative estimate of drug-likeness (QED) is 0.480. The first-order valence-electron chi connectivity index (χ1n) is 7.97. The molecule has 2 rings (SSSR count). The first-order chi connectivity index (χ1) is 11.6. The number of benzene rings is 1. The Morgan fingerprint density at radius 2 is 1.88 bits per heavy atom. The van der Waals surface area contributed by atoms with Gasteiger partial charge >= 0.3 is 5.97 Å². The van der Waals surface area contributed by atoms with Crippen molar-refractivity contribution in [3.63, 3.8) is 0 Å². The molecule has 0 spiro atoms. The van der Waals surface area contributed by atoms with Crippen molar-refractivity contribution in [2.75, 3.05) is 26.7 Å². The first kappa shape index (κ1) is 18.2. The number of aliphatic hydroxyl groups excluding tert-OH is 1. The molecule has 1 atom stereocenters. The molecule has 0 amide bonds. The molecule has 3 N–H and O–H groups in total. The number of methoxy groups -OCH3 is 1. The Hall–Kier alpha value is -2.15. The number of esters is 1. The Labute approximate surface area is 141 Å². The summed E-state index contributed by atoms with van der Waals surface area (Å²) in [6.07, 6.45) is -0.330. The fourth-order valence-electron chi connectivity index (χ4n) is 2.22. The lowest BCUT2D eigenvalue weighted by Gasteiger charge is -2.07. The Kier molecular flexibility index (Phi) is 6.99. The summed E-state index contributed by atoms with van der Waals surface area (Å²) in [6.45, 7) is 4.55. The molecule has 1 aromatic carbocycles. The van der Waals surface area contributed by atoms with Crippen LogP contribution in [0, 0.1) is 0 Å². The molecule has 0 bridgehead atoms. The third kappa shape index (κ3) is 5.49. The van der Waals surface area contributed by atoms with Crippen molar-refractivity contribution in [2.24, 2.45) is 0 Å². The molecule has 1 aromatic heterocycles. The second-order valence-electron chi connectivity index (χ2n) is 5.56. The number of ether oxygens (including phenoxy) is 1. The van der Waals surface area contributed by atoms with E-state index in [1.165, 1.54) is 7.11 Å². The summed E-state index contributed by atoms with van der Waals surface area (Å²) >= 11 is 0. The highest BCUT2D eigenvalue weighted by Gasteiger charge is 2.08. The minimum atomic E-state index is -0.352. The van der Waals surface area contributed by atoms with E-state index in [0.29, 0.717) is 18.7 Å². The summed E-state index contributed by atoms with van der Waals surface area (Å²) in [6, 6.07) is 10.9. The number of rotatable bonds is 9. The summed E-state index contributed by atoms with van der Waals surface area (Å²) < 4.78 is 10.5. The Balaban J connectivity index is 1.81. The van der Waals surface area contributed by atoms with E-state index in [1.54, 1.807) is 19.1 Å². The SMILES string of the molecule is COC(=O)c1ccc(-c2ccc(CNCCNC[C@H](C)O)o2)cc1. The molecule has 24 heavy (non-hydrogen) atoms. The lowest BCUT2D eigenvalue weighted by molar-refractivity contribution is 0.0600. The highest BCUT2D eigenvalue weighted by atomic mass is 16.5. The lowest BCUT2D eigenvalue weighted by atomic mass is 10.1. The van der Waals surface area contributed by atoms with Crippen molar-refractivity contribution in [3.05, 3.63) is 47.7 Å². The molecule has 0 unspecified atom stereocenters. The van der Waals surface area contributed by atoms with Gasteiger partial charge in [-0.05, 0) is 31.2 Å². The van der Waals surface area contributed by atoms with E-state index in [1.807, 2.05) is 24.3 Å². The Morgan fingerprint density at radius 3 is 2.54 bits per heavy atom. The maximum absolute atomic E-state index is 11.4. The summed E-state index contributed by atoms with van der Waals surface area (Å²) in [4.78, 5) is 11.4. The second kappa shape index (κ2) is 9.22. The van der Waals surface area contributed by atoms with E-state index < -0.39 is 0 Å². The van der Waals surface area contributed by atoms with E-state index in [0.717, 1.165) is 30.2 Å². The molecule has 0 aliphatic heterocycles. The molecule has 0 aliphatic carbocycles. The van der Waals surface area contributed by atoms with E-state index >= 15 is 0 Å². The van der Waals surface area contributed by atoms with Crippen LogP contribution in [0.25, 0.3) is 11.3 Å². The zero-order valence-electron chi connectivity index (χ0n) is 14.0. The number of aliphatic hydroxyl groups is 1. The molecule has 2 aromatic rings. The number of furan rings is 1. The molecule has 0 radical (unpaired) electrons. The van der Waals surface area contributed by atoms with Gasteiger partial charge in [0.2, 0.25) is 0 Å². The number of carbonyl (C=O) groups is 1. The maximum atomic E-state index is 11.4. The molecule has 1 heterocycles. The lowest BCUT2D eigenvalue weighted by Crippen LogP contribution is -2.31. The number of hydrogen-bond acceptors (Lipinski definition) is 6. The van der Waals surface area contributed by atoms with Crippen molar-refractivity contribution >= 4 is 5.97 Å². The highest BCUT2D eigenvalue weighted by molar-refractivity contribution is 5.89. The van der Waals surface area contributed by atoms with Gasteiger partial charge in [0.05, 0.1) is 25.3 Å². The molecule has 0 saturated heterocycles. The van der Waals surface area contributed by atoms with Crippen LogP contribution in [-0.4, -0.2) is 43.9 Å². The van der Waals surface area contributed by atoms with Gasteiger partial charge < -0.3 is 24.9 Å². The Morgan fingerprint density at radius 1 is 1.17 bits per heavy atom. The molecular formula is C18H24N2O4. The van der Waals surface area contributed by atoms with E-state index in [9.17, 15) is 4.79 Å². The van der Waals surface area contributed by atoms with Crippen LogP contribution in [0.1, 0.15) is 23.0 Å². The minimum absolute atomic E-state index is 0.330. The Bertz CT molecular complexity index is 635. The maximum Gasteiger partial charge on any atom is 0.337 e. The summed E-state index contributed by atoms with van der Waals surface area (Å²) in [7, 11) is 1.36. The average Bonchev–Trinajstić information content (AvgIpc) is 3.06. The van der Waals surface area contributed by atoms with Crippen molar-refractivity contribution < 1.29 is 19.1 Å². The van der Waals surface area contributed by atoms with Crippen LogP contribution >= 0.6 is 0 Å². The molecule has 0 saturated carbocycles. The van der Waals surface area contributed by atoms with E-state index in [-0.39, 0.29) is 12.1 Å². The largest absolute Gasteiger partial charge is 0.465 e. The second-order valence-corrected chi connectivity index (χ2v) is 5.56. The monoisotopic (exact) mass is 332 g/mol. The van der Waals surface area contributed by atoms with Crippen LogP contribution in [0.15, 0.2) is 40.8 Å². The van der Waals surface area contributed by atoms with Gasteiger partial charge in [0.25, 0.3) is 0 Å². The predicted octanol–water partition coefficient (Wildman–Crippen LogP) is 1.79. The van der Waals surface area contributed by atoms with Gasteiger partial charge in [-0.15, -0.1) is 0 Å². The van der Waals surface area contributed by atoms with Crippen LogP contribution in [-0.2, 0) is 11.3 Å². The van der Waals surface area contributed by atoms with Gasteiger partial charge in [0.1, 0.15) is 11.5 Å². The fourth-order valence-corrected chi connectivity index (χ4v) is 2.22. The average molecular weight is 332 g/mol. The molecule has 0 aliphatic rings. The summed E-state index contributed by atoms with van der Waals surface area (Å²) in [5, 5.41) is 15.5. The number of carbonyl (C=O) groups excluding carboxylic acids is 1. The first-order valence-corrected chi connectivity index (χ1v) is 7.97. The standard InChI is InChI=1S/C18H24N2O4/c1-13(21)11-19-9-10-20-12-16-7-8-17(24-16)14-3-5-15(6-4-14)18(22)23-2/h3-8,13,19-21H,9-12H2,1-2H3/t13-/m0/s1. The van der Waals surface area contributed by atoms with E-state index in [4.69, 9.17) is 9.52 Å². The predicted molar refractivity (Wildman–Crippen MR) is 91.7 cm³/mol. The summed E-state index contributed by atoms with van der Waals surface area (Å²) in [5.74, 6) is 1.25. The van der Waals surface area contributed by atoms with Crippen molar-refractivity contribution in [1.82, 2.24) is 10.6 Å². The van der Waals surface area contributed by atoms with Gasteiger partial charge in [-0.1, -0.05) is 12.1 Å². The topological polar surface area (TPSA) is 83.7 Å². The number of hydrogen-bond donors (Lipinski definition) is 3. The third-order valence-corrected chi connectivity index (χ3v) is 3.47. The van der Waals surface area contributed by atoms with Gasteiger partial charge in [-0.2, -0.15) is 0 Å². The van der Waals surface area contributed by atoms with E-state index in [2.05, 4.69) is 15.4 Å². The van der Waals surface area contributed by atoms with Gasteiger partial charge in [0.15, 0.2) is 0 Å².